The van der Waals surface area contributed by atoms with Gasteiger partial charge in [-0.15, -0.1) is 0 Å². The summed E-state index contributed by atoms with van der Waals surface area (Å²) in [7, 11) is 3.63. The Balaban J connectivity index is 1.54. The molecule has 8 nitrogen and oxygen atoms in total. The molecule has 5 rings (SSSR count). The van der Waals surface area contributed by atoms with Crippen molar-refractivity contribution in [3.8, 4) is 0 Å². The maximum atomic E-state index is 13.9. The lowest BCUT2D eigenvalue weighted by Gasteiger charge is -2.41. The van der Waals surface area contributed by atoms with Gasteiger partial charge in [0.1, 0.15) is 0 Å². The minimum absolute atomic E-state index is 0.0661. The zero-order chi connectivity index (χ0) is 25.1. The molecule has 1 saturated heterocycles. The molecule has 36 heavy (non-hydrogen) atoms. The Morgan fingerprint density at radius 1 is 1.06 bits per heavy atom. The van der Waals surface area contributed by atoms with E-state index in [4.69, 9.17) is 9.47 Å². The van der Waals surface area contributed by atoms with Crippen LogP contribution in [-0.4, -0.2) is 85.8 Å². The number of benzene rings is 2. The number of ether oxygens (including phenoxy) is 2. The van der Waals surface area contributed by atoms with Crippen molar-refractivity contribution in [1.29, 1.82) is 0 Å². The van der Waals surface area contributed by atoms with Crippen LogP contribution in [0.2, 0.25) is 0 Å². The first-order valence-electron chi connectivity index (χ1n) is 12.6. The van der Waals surface area contributed by atoms with Crippen molar-refractivity contribution < 1.29 is 19.1 Å². The number of nitrogens with one attached hydrogen (secondary N) is 1. The maximum absolute atomic E-state index is 13.9. The first kappa shape index (κ1) is 24.5. The Kier molecular flexibility index (Phi) is 7.36. The highest BCUT2D eigenvalue weighted by atomic mass is 16.5. The largest absolute Gasteiger partial charge is 0.383 e. The van der Waals surface area contributed by atoms with Crippen LogP contribution in [0.25, 0.3) is 10.9 Å². The number of hydrogen-bond donors (Lipinski definition) is 1. The topological polar surface area (TPSA) is 76.0 Å². The molecule has 1 aromatic heterocycles. The average Bonchev–Trinajstić information content (AvgIpc) is 3.24. The predicted octanol–water partition coefficient (Wildman–Crippen LogP) is 2.55. The summed E-state index contributed by atoms with van der Waals surface area (Å²) in [6, 6.07) is 15.2. The average molecular weight is 491 g/mol. The number of methoxy groups -OCH3 is 1. The number of aromatic nitrogens is 1. The van der Waals surface area contributed by atoms with Crippen molar-refractivity contribution in [2.24, 2.45) is 7.05 Å². The second kappa shape index (κ2) is 10.8. The zero-order valence-corrected chi connectivity index (χ0v) is 21.0. The van der Waals surface area contributed by atoms with E-state index >= 15 is 0 Å². The normalized spacial score (nSPS) is 20.5. The van der Waals surface area contributed by atoms with Crippen LogP contribution in [0, 0.1) is 0 Å². The van der Waals surface area contributed by atoms with Crippen molar-refractivity contribution in [3.63, 3.8) is 0 Å². The van der Waals surface area contributed by atoms with Crippen molar-refractivity contribution in [2.75, 3.05) is 59.7 Å². The fraction of sp³-hybridized carbons (Fsp3) is 0.429. The lowest BCUT2D eigenvalue weighted by Crippen LogP contribution is -2.49. The summed E-state index contributed by atoms with van der Waals surface area (Å²) >= 11 is 0. The summed E-state index contributed by atoms with van der Waals surface area (Å²) in [5.74, 6) is -0.673. The summed E-state index contributed by atoms with van der Waals surface area (Å²) in [6.45, 7) is 5.31. The molecule has 0 radical (unpaired) electrons. The quantitative estimate of drug-likeness (QED) is 0.525. The third-order valence-corrected chi connectivity index (χ3v) is 7.33. The van der Waals surface area contributed by atoms with Crippen molar-refractivity contribution in [1.82, 2.24) is 19.7 Å². The van der Waals surface area contributed by atoms with E-state index in [0.717, 1.165) is 54.9 Å². The van der Waals surface area contributed by atoms with Crippen molar-refractivity contribution in [3.05, 3.63) is 71.4 Å². The van der Waals surface area contributed by atoms with Crippen LogP contribution in [0.3, 0.4) is 0 Å². The minimum atomic E-state index is -0.536. The molecule has 8 heteroatoms. The summed E-state index contributed by atoms with van der Waals surface area (Å²) in [4.78, 5) is 31.8. The molecule has 2 aliphatic rings. The minimum Gasteiger partial charge on any atom is -0.383 e. The van der Waals surface area contributed by atoms with Crippen molar-refractivity contribution >= 4 is 22.7 Å². The number of morpholine rings is 1. The molecule has 3 heterocycles. The molecule has 1 N–H and O–H groups in total. The van der Waals surface area contributed by atoms with Gasteiger partial charge in [-0.2, -0.15) is 0 Å². The highest BCUT2D eigenvalue weighted by Gasteiger charge is 2.44. The van der Waals surface area contributed by atoms with E-state index in [1.54, 1.807) is 7.11 Å². The van der Waals surface area contributed by atoms with E-state index in [2.05, 4.69) is 33.1 Å². The third kappa shape index (κ3) is 4.64. The lowest BCUT2D eigenvalue weighted by atomic mass is 9.79. The molecule has 190 valence electrons. The van der Waals surface area contributed by atoms with Crippen LogP contribution >= 0.6 is 0 Å². The first-order chi connectivity index (χ1) is 17.6. The van der Waals surface area contributed by atoms with Gasteiger partial charge in [0, 0.05) is 75.1 Å². The van der Waals surface area contributed by atoms with E-state index in [-0.39, 0.29) is 11.8 Å². The Morgan fingerprint density at radius 3 is 2.61 bits per heavy atom. The number of amides is 2. The van der Waals surface area contributed by atoms with Crippen molar-refractivity contribution in [2.45, 2.75) is 12.0 Å². The third-order valence-electron chi connectivity index (χ3n) is 7.33. The van der Waals surface area contributed by atoms with Crippen LogP contribution in [0.15, 0.2) is 54.7 Å². The van der Waals surface area contributed by atoms with Crippen LogP contribution in [0.1, 0.15) is 33.4 Å². The molecule has 0 aliphatic carbocycles. The smallest absolute Gasteiger partial charge is 0.254 e. The van der Waals surface area contributed by atoms with Gasteiger partial charge in [-0.25, -0.2) is 0 Å². The second-order valence-corrected chi connectivity index (χ2v) is 9.46. The van der Waals surface area contributed by atoms with E-state index in [9.17, 15) is 9.59 Å². The molecular formula is C28H34N4O4. The molecule has 2 unspecified atom stereocenters. The van der Waals surface area contributed by atoms with Gasteiger partial charge in [-0.3, -0.25) is 14.5 Å². The molecule has 2 amide bonds. The van der Waals surface area contributed by atoms with Crippen LogP contribution in [0.5, 0.6) is 0 Å². The molecule has 0 saturated carbocycles. The number of hydrogen-bond acceptors (Lipinski definition) is 5. The summed E-state index contributed by atoms with van der Waals surface area (Å²) in [6.07, 6.45) is 2.06. The summed E-state index contributed by atoms with van der Waals surface area (Å²) < 4.78 is 12.9. The Hall–Kier alpha value is -3.20. The standard InChI is InChI=1S/C28H34N4O4/c1-30-19-23(20-7-5-6-10-24(20)30)26-25(27(33)29-11-12-31-13-17-36-18-14-31)21-8-3-4-9-22(21)28(34)32(26)15-16-35-2/h3-10,19,25-26H,11-18H2,1-2H3,(H,29,33). The van der Waals surface area contributed by atoms with Crippen LogP contribution in [0.4, 0.5) is 0 Å². The highest BCUT2D eigenvalue weighted by molar-refractivity contribution is 6.02. The van der Waals surface area contributed by atoms with Crippen LogP contribution in [-0.2, 0) is 21.3 Å². The maximum Gasteiger partial charge on any atom is 0.254 e. The number of para-hydroxylation sites is 1. The van der Waals surface area contributed by atoms with Gasteiger partial charge in [-0.1, -0.05) is 36.4 Å². The summed E-state index contributed by atoms with van der Waals surface area (Å²) in [5, 5.41) is 4.24. The Morgan fingerprint density at radius 2 is 1.81 bits per heavy atom. The molecule has 0 spiro atoms. The molecule has 1 fully saturated rings. The van der Waals surface area contributed by atoms with Gasteiger partial charge in [0.2, 0.25) is 5.91 Å². The highest BCUT2D eigenvalue weighted by Crippen LogP contribution is 2.45. The van der Waals surface area contributed by atoms with E-state index in [0.29, 0.717) is 25.3 Å². The molecular weight excluding hydrogens is 456 g/mol. The van der Waals surface area contributed by atoms with Gasteiger partial charge >= 0.3 is 0 Å². The first-order valence-corrected chi connectivity index (χ1v) is 12.6. The second-order valence-electron chi connectivity index (χ2n) is 9.46. The number of fused-ring (bicyclic) bond motifs is 2. The number of rotatable bonds is 8. The van der Waals surface area contributed by atoms with Gasteiger partial charge in [0.05, 0.1) is 31.8 Å². The Bertz CT molecular complexity index is 1230. The van der Waals surface area contributed by atoms with Crippen LogP contribution < -0.4 is 5.32 Å². The monoisotopic (exact) mass is 490 g/mol. The van der Waals surface area contributed by atoms with Gasteiger partial charge in [-0.05, 0) is 17.7 Å². The Labute approximate surface area is 211 Å². The number of carbonyl (C=O) groups excluding carboxylic acids is 2. The number of aryl methyl sites for hydroxylation is 1. The lowest BCUT2D eigenvalue weighted by molar-refractivity contribution is -0.124. The fourth-order valence-corrected chi connectivity index (χ4v) is 5.54. The number of carbonyl (C=O) groups is 2. The molecule has 0 bridgehead atoms. The SMILES string of the molecule is COCCN1C(=O)c2ccccc2C(C(=O)NCCN2CCOCC2)C1c1cn(C)c2ccccc12. The predicted molar refractivity (Wildman–Crippen MR) is 138 cm³/mol. The molecule has 3 aromatic rings. The zero-order valence-electron chi connectivity index (χ0n) is 21.0. The van der Waals surface area contributed by atoms with Gasteiger partial charge in [0.25, 0.3) is 5.91 Å². The number of nitrogens with zero attached hydrogens (tertiary/aromatic N) is 3. The van der Waals surface area contributed by atoms with E-state index in [1.165, 1.54) is 0 Å². The van der Waals surface area contributed by atoms with Gasteiger partial charge < -0.3 is 24.3 Å². The molecule has 2 atom stereocenters. The van der Waals surface area contributed by atoms with E-state index < -0.39 is 12.0 Å². The fourth-order valence-electron chi connectivity index (χ4n) is 5.54. The molecule has 2 aliphatic heterocycles. The van der Waals surface area contributed by atoms with Gasteiger partial charge in [0.15, 0.2) is 0 Å². The van der Waals surface area contributed by atoms with E-state index in [1.807, 2.05) is 48.3 Å². The summed E-state index contributed by atoms with van der Waals surface area (Å²) in [5.41, 5.74) is 3.40. The molecule has 2 aromatic carbocycles.